The van der Waals surface area contributed by atoms with E-state index in [1.807, 2.05) is 19.9 Å². The molecule has 0 aliphatic carbocycles. The van der Waals surface area contributed by atoms with Crippen LogP contribution in [0.3, 0.4) is 0 Å². The van der Waals surface area contributed by atoms with Crippen molar-refractivity contribution in [2.45, 2.75) is 20.5 Å². The van der Waals surface area contributed by atoms with Crippen molar-refractivity contribution >= 4 is 40.7 Å². The summed E-state index contributed by atoms with van der Waals surface area (Å²) in [5, 5.41) is 10.5. The van der Waals surface area contributed by atoms with Crippen LogP contribution in [0.2, 0.25) is 10.0 Å². The van der Waals surface area contributed by atoms with Crippen LogP contribution in [0.5, 0.6) is 5.75 Å². The second-order valence-corrected chi connectivity index (χ2v) is 8.41. The van der Waals surface area contributed by atoms with Crippen LogP contribution in [0.1, 0.15) is 40.3 Å². The highest BCUT2D eigenvalue weighted by Crippen LogP contribution is 2.32. The number of carbonyl (C=O) groups is 2. The number of benzene rings is 2. The Morgan fingerprint density at radius 1 is 1.12 bits per heavy atom. The fraction of sp³-hybridized carbons (Fsp3) is 0.261. The van der Waals surface area contributed by atoms with Crippen LogP contribution >= 0.6 is 23.2 Å². The third-order valence-corrected chi connectivity index (χ3v) is 5.37. The Labute approximate surface area is 196 Å². The standard InChI is InChI=1S/C23H24Cl2N4O3/c1-14(2)11-26-23(31)21-18(12-27-29(21)3)28-22(30)16-7-4-6-15(10-16)13-32-19-9-5-8-17(24)20(19)25/h4-10,12,14H,11,13H2,1-3H3,(H,26,31)(H,28,30). The summed E-state index contributed by atoms with van der Waals surface area (Å²) in [5.74, 6) is 0.103. The van der Waals surface area contributed by atoms with Crippen molar-refractivity contribution in [1.82, 2.24) is 15.1 Å². The molecule has 0 saturated heterocycles. The molecule has 9 heteroatoms. The second-order valence-electron chi connectivity index (χ2n) is 7.63. The maximum atomic E-state index is 12.8. The summed E-state index contributed by atoms with van der Waals surface area (Å²) in [6, 6.07) is 12.1. The molecule has 32 heavy (non-hydrogen) atoms. The highest BCUT2D eigenvalue weighted by Gasteiger charge is 2.19. The van der Waals surface area contributed by atoms with Crippen LogP contribution in [0.15, 0.2) is 48.7 Å². The minimum Gasteiger partial charge on any atom is -0.487 e. The van der Waals surface area contributed by atoms with E-state index in [0.29, 0.717) is 39.5 Å². The molecule has 2 amide bonds. The number of ether oxygens (including phenoxy) is 1. The Morgan fingerprint density at radius 2 is 1.88 bits per heavy atom. The third kappa shape index (κ3) is 5.81. The number of anilines is 1. The summed E-state index contributed by atoms with van der Waals surface area (Å²) in [7, 11) is 1.65. The Balaban J connectivity index is 1.70. The van der Waals surface area contributed by atoms with Crippen molar-refractivity contribution in [3.05, 3.63) is 75.5 Å². The van der Waals surface area contributed by atoms with Gasteiger partial charge in [-0.2, -0.15) is 5.10 Å². The number of carbonyl (C=O) groups excluding carboxylic acids is 2. The Morgan fingerprint density at radius 3 is 2.62 bits per heavy atom. The smallest absolute Gasteiger partial charge is 0.271 e. The highest BCUT2D eigenvalue weighted by atomic mass is 35.5. The topological polar surface area (TPSA) is 85.2 Å². The Bertz CT molecular complexity index is 1130. The van der Waals surface area contributed by atoms with E-state index < -0.39 is 0 Å². The molecule has 0 aliphatic rings. The molecule has 1 aromatic heterocycles. The maximum absolute atomic E-state index is 12.8. The van der Waals surface area contributed by atoms with E-state index >= 15 is 0 Å². The molecule has 0 radical (unpaired) electrons. The van der Waals surface area contributed by atoms with Gasteiger partial charge < -0.3 is 15.4 Å². The van der Waals surface area contributed by atoms with E-state index in [1.165, 1.54) is 10.9 Å². The molecule has 0 fully saturated rings. The predicted molar refractivity (Wildman–Crippen MR) is 126 cm³/mol. The zero-order valence-corrected chi connectivity index (χ0v) is 19.5. The molecule has 0 bridgehead atoms. The summed E-state index contributed by atoms with van der Waals surface area (Å²) < 4.78 is 7.18. The van der Waals surface area contributed by atoms with Gasteiger partial charge in [0.1, 0.15) is 23.1 Å². The van der Waals surface area contributed by atoms with E-state index in [-0.39, 0.29) is 24.1 Å². The molecule has 0 saturated carbocycles. The lowest BCUT2D eigenvalue weighted by molar-refractivity contribution is 0.0940. The van der Waals surface area contributed by atoms with Gasteiger partial charge in [0.15, 0.2) is 0 Å². The van der Waals surface area contributed by atoms with Crippen molar-refractivity contribution in [1.29, 1.82) is 0 Å². The Kier molecular flexibility index (Phi) is 7.77. The van der Waals surface area contributed by atoms with Crippen molar-refractivity contribution < 1.29 is 14.3 Å². The molecule has 1 heterocycles. The quantitative estimate of drug-likeness (QED) is 0.483. The first-order valence-electron chi connectivity index (χ1n) is 10.0. The minimum absolute atomic E-state index is 0.205. The number of nitrogens with zero attached hydrogens (tertiary/aromatic N) is 2. The van der Waals surface area contributed by atoms with Gasteiger partial charge in [-0.3, -0.25) is 14.3 Å². The molecule has 0 spiro atoms. The number of amides is 2. The second kappa shape index (κ2) is 10.5. The molecule has 0 unspecified atom stereocenters. The van der Waals surface area contributed by atoms with E-state index in [0.717, 1.165) is 5.56 Å². The van der Waals surface area contributed by atoms with Crippen molar-refractivity contribution in [2.24, 2.45) is 13.0 Å². The van der Waals surface area contributed by atoms with Crippen LogP contribution in [0, 0.1) is 5.92 Å². The third-order valence-electron chi connectivity index (χ3n) is 4.57. The summed E-state index contributed by atoms with van der Waals surface area (Å²) in [5.41, 5.74) is 1.82. The average molecular weight is 475 g/mol. The first-order chi connectivity index (χ1) is 15.3. The number of aromatic nitrogens is 2. The monoisotopic (exact) mass is 474 g/mol. The molecule has 3 rings (SSSR count). The number of hydrogen-bond acceptors (Lipinski definition) is 4. The summed E-state index contributed by atoms with van der Waals surface area (Å²) in [4.78, 5) is 25.4. The summed E-state index contributed by atoms with van der Waals surface area (Å²) in [6.45, 7) is 4.74. The fourth-order valence-electron chi connectivity index (χ4n) is 2.93. The number of rotatable bonds is 8. The lowest BCUT2D eigenvalue weighted by atomic mass is 10.1. The molecule has 3 aromatic rings. The molecular formula is C23H24Cl2N4O3. The van der Waals surface area contributed by atoms with Gasteiger partial charge in [0, 0.05) is 19.2 Å². The molecule has 7 nitrogen and oxygen atoms in total. The van der Waals surface area contributed by atoms with Gasteiger partial charge in [-0.25, -0.2) is 0 Å². The normalized spacial score (nSPS) is 10.8. The summed E-state index contributed by atoms with van der Waals surface area (Å²) >= 11 is 12.2. The van der Waals surface area contributed by atoms with Crippen LogP contribution in [0.25, 0.3) is 0 Å². The minimum atomic E-state index is -0.362. The largest absolute Gasteiger partial charge is 0.487 e. The first-order valence-corrected chi connectivity index (χ1v) is 10.8. The number of aryl methyl sites for hydroxylation is 1. The van der Waals surface area contributed by atoms with Crippen LogP contribution < -0.4 is 15.4 Å². The molecule has 0 aliphatic heterocycles. The number of nitrogens with one attached hydrogen (secondary N) is 2. The summed E-state index contributed by atoms with van der Waals surface area (Å²) in [6.07, 6.45) is 1.45. The van der Waals surface area contributed by atoms with Crippen LogP contribution in [-0.2, 0) is 13.7 Å². The lowest BCUT2D eigenvalue weighted by Crippen LogP contribution is -2.30. The Hall–Kier alpha value is -3.03. The van der Waals surface area contributed by atoms with Crippen LogP contribution in [-0.4, -0.2) is 28.1 Å². The van der Waals surface area contributed by atoms with E-state index in [1.54, 1.807) is 43.4 Å². The van der Waals surface area contributed by atoms with Crippen molar-refractivity contribution in [2.75, 3.05) is 11.9 Å². The molecule has 2 N–H and O–H groups in total. The highest BCUT2D eigenvalue weighted by molar-refractivity contribution is 6.42. The SMILES string of the molecule is CC(C)CNC(=O)c1c(NC(=O)c2cccc(COc3cccc(Cl)c3Cl)c2)cnn1C. The van der Waals surface area contributed by atoms with Crippen LogP contribution in [0.4, 0.5) is 5.69 Å². The van der Waals surface area contributed by atoms with E-state index in [9.17, 15) is 9.59 Å². The fourth-order valence-corrected chi connectivity index (χ4v) is 3.28. The first kappa shape index (κ1) is 23.6. The van der Waals surface area contributed by atoms with E-state index in [4.69, 9.17) is 27.9 Å². The zero-order chi connectivity index (χ0) is 23.3. The van der Waals surface area contributed by atoms with Gasteiger partial charge in [-0.1, -0.05) is 55.2 Å². The molecule has 2 aromatic carbocycles. The van der Waals surface area contributed by atoms with Gasteiger partial charge in [0.2, 0.25) is 0 Å². The molecular weight excluding hydrogens is 451 g/mol. The zero-order valence-electron chi connectivity index (χ0n) is 18.0. The van der Waals surface area contributed by atoms with Crippen molar-refractivity contribution in [3.8, 4) is 5.75 Å². The lowest BCUT2D eigenvalue weighted by Gasteiger charge is -2.11. The van der Waals surface area contributed by atoms with Gasteiger partial charge in [0.25, 0.3) is 11.8 Å². The number of hydrogen-bond donors (Lipinski definition) is 2. The van der Waals surface area contributed by atoms with E-state index in [2.05, 4.69) is 15.7 Å². The van der Waals surface area contributed by atoms with Gasteiger partial charge in [-0.05, 0) is 35.7 Å². The predicted octanol–water partition coefficient (Wildman–Crippen LogP) is 4.94. The van der Waals surface area contributed by atoms with Crippen molar-refractivity contribution in [3.63, 3.8) is 0 Å². The molecule has 0 atom stereocenters. The van der Waals surface area contributed by atoms with Gasteiger partial charge in [0.05, 0.1) is 16.9 Å². The van der Waals surface area contributed by atoms with Gasteiger partial charge in [-0.15, -0.1) is 0 Å². The van der Waals surface area contributed by atoms with Gasteiger partial charge >= 0.3 is 0 Å². The number of halogens is 2. The average Bonchev–Trinajstić information content (AvgIpc) is 3.13. The maximum Gasteiger partial charge on any atom is 0.271 e. The molecule has 168 valence electrons.